The van der Waals surface area contributed by atoms with Crippen molar-refractivity contribution in [2.45, 2.75) is 21.2 Å². The summed E-state index contributed by atoms with van der Waals surface area (Å²) in [4.78, 5) is 0.710. The summed E-state index contributed by atoms with van der Waals surface area (Å²) in [6, 6.07) is 57.6. The molecule has 0 radical (unpaired) electrons. The molecular formula is C44H30N2O2S. The molecule has 7 aromatic carbocycles. The highest BCUT2D eigenvalue weighted by Crippen LogP contribution is 2.59. The lowest BCUT2D eigenvalue weighted by Gasteiger charge is -2.48. The first-order valence-corrected chi connectivity index (χ1v) is 18.0. The Morgan fingerprint density at radius 3 is 1.78 bits per heavy atom. The molecule has 8 aromatic rings. The van der Waals surface area contributed by atoms with Crippen LogP contribution in [0.3, 0.4) is 0 Å². The lowest BCUT2D eigenvalue weighted by Crippen LogP contribution is -2.42. The van der Waals surface area contributed by atoms with Crippen LogP contribution in [-0.4, -0.2) is 13.0 Å². The van der Waals surface area contributed by atoms with E-state index in [9.17, 15) is 8.42 Å². The van der Waals surface area contributed by atoms with Gasteiger partial charge in [0, 0.05) is 22.1 Å². The van der Waals surface area contributed by atoms with E-state index in [1.165, 1.54) is 0 Å². The summed E-state index contributed by atoms with van der Waals surface area (Å²) in [5, 5.41) is 5.77. The average Bonchev–Trinajstić information content (AvgIpc) is 3.48. The predicted octanol–water partition coefficient (Wildman–Crippen LogP) is 9.83. The lowest BCUT2D eigenvalue weighted by atomic mass is 9.58. The molecule has 0 saturated heterocycles. The lowest BCUT2D eigenvalue weighted by molar-refractivity contribution is 0.573. The molecule has 2 aliphatic rings. The summed E-state index contributed by atoms with van der Waals surface area (Å²) < 4.78 is 32.0. The van der Waals surface area contributed by atoms with E-state index in [1.807, 2.05) is 72.8 Å². The number of nitrogens with zero attached hydrogens (tertiary/aromatic N) is 1. The highest BCUT2D eigenvalue weighted by molar-refractivity contribution is 7.91. The Labute approximate surface area is 284 Å². The highest BCUT2D eigenvalue weighted by Gasteiger charge is 2.53. The summed E-state index contributed by atoms with van der Waals surface area (Å²) >= 11 is 0. The van der Waals surface area contributed by atoms with Crippen LogP contribution in [0, 0.1) is 0 Å². The molecule has 0 bridgehead atoms. The molecule has 49 heavy (non-hydrogen) atoms. The number of hydrogen-bond acceptors (Lipinski definition) is 3. The van der Waals surface area contributed by atoms with Gasteiger partial charge in [0.15, 0.2) is 0 Å². The van der Waals surface area contributed by atoms with Gasteiger partial charge in [-0.05, 0) is 81.9 Å². The van der Waals surface area contributed by atoms with E-state index in [-0.39, 0.29) is 6.04 Å². The van der Waals surface area contributed by atoms with Crippen molar-refractivity contribution in [3.8, 4) is 5.69 Å². The second kappa shape index (κ2) is 10.3. The average molecular weight is 651 g/mol. The zero-order valence-corrected chi connectivity index (χ0v) is 27.2. The van der Waals surface area contributed by atoms with Crippen molar-refractivity contribution in [2.75, 3.05) is 5.32 Å². The van der Waals surface area contributed by atoms with E-state index < -0.39 is 15.3 Å². The van der Waals surface area contributed by atoms with E-state index >= 15 is 0 Å². The molecule has 2 heterocycles. The first kappa shape index (κ1) is 28.1. The standard InChI is InChI=1S/C44H30N2O2S/c47-49(48)41-26-14-12-24-37(41)44(35-22-10-7-20-32(35)43(33-21-8-11-23-36(33)44)45-29-15-3-1-4-16-29)38-28-40-34(27-42(38)49)31-19-9-13-25-39(31)46(40)30-17-5-2-6-18-30/h1-28,43,45H. The van der Waals surface area contributed by atoms with E-state index in [1.54, 1.807) is 6.07 Å². The van der Waals surface area contributed by atoms with Gasteiger partial charge in [-0.15, -0.1) is 0 Å². The number of anilines is 1. The van der Waals surface area contributed by atoms with Gasteiger partial charge in [0.1, 0.15) is 0 Å². The Bertz CT molecular complexity index is 2670. The van der Waals surface area contributed by atoms with Crippen LogP contribution >= 0.6 is 0 Å². The van der Waals surface area contributed by atoms with Gasteiger partial charge < -0.3 is 9.88 Å². The Hall–Kier alpha value is -5.91. The van der Waals surface area contributed by atoms with Crippen LogP contribution < -0.4 is 5.32 Å². The van der Waals surface area contributed by atoms with Gasteiger partial charge in [-0.2, -0.15) is 0 Å². The van der Waals surface area contributed by atoms with Crippen LogP contribution in [0.4, 0.5) is 5.69 Å². The number of nitrogens with one attached hydrogen (secondary N) is 1. The molecule has 234 valence electrons. The number of para-hydroxylation sites is 3. The predicted molar refractivity (Wildman–Crippen MR) is 196 cm³/mol. The molecule has 1 aromatic heterocycles. The third-order valence-corrected chi connectivity index (χ3v) is 12.4. The molecule has 1 spiro atoms. The molecule has 0 atom stereocenters. The largest absolute Gasteiger partial charge is 0.374 e. The van der Waals surface area contributed by atoms with Crippen molar-refractivity contribution in [3.63, 3.8) is 0 Å². The van der Waals surface area contributed by atoms with Crippen LogP contribution in [0.1, 0.15) is 39.4 Å². The first-order valence-electron chi connectivity index (χ1n) is 16.6. The third kappa shape index (κ3) is 3.76. The maximum absolute atomic E-state index is 14.9. The van der Waals surface area contributed by atoms with Crippen molar-refractivity contribution < 1.29 is 8.42 Å². The van der Waals surface area contributed by atoms with Crippen LogP contribution in [0.15, 0.2) is 180 Å². The maximum atomic E-state index is 14.9. The topological polar surface area (TPSA) is 51.1 Å². The highest BCUT2D eigenvalue weighted by atomic mass is 32.2. The van der Waals surface area contributed by atoms with Crippen molar-refractivity contribution in [3.05, 3.63) is 203 Å². The second-order valence-electron chi connectivity index (χ2n) is 12.9. The van der Waals surface area contributed by atoms with Gasteiger partial charge in [-0.1, -0.05) is 121 Å². The van der Waals surface area contributed by atoms with Gasteiger partial charge >= 0.3 is 0 Å². The molecule has 0 amide bonds. The van der Waals surface area contributed by atoms with Crippen molar-refractivity contribution in [1.82, 2.24) is 4.57 Å². The van der Waals surface area contributed by atoms with E-state index in [2.05, 4.69) is 101 Å². The van der Waals surface area contributed by atoms with Crippen molar-refractivity contribution >= 4 is 37.3 Å². The van der Waals surface area contributed by atoms with Crippen molar-refractivity contribution in [2.24, 2.45) is 0 Å². The fraction of sp³-hybridized carbons (Fsp3) is 0.0455. The minimum absolute atomic E-state index is 0.144. The fourth-order valence-corrected chi connectivity index (χ4v) is 10.4. The SMILES string of the molecule is O=S1(=O)c2ccccc2C2(c3ccccc3C(Nc3ccccc3)c3ccccc32)c2cc3c(cc21)c1ccccc1n3-c1ccccc1. The Morgan fingerprint density at radius 2 is 1.06 bits per heavy atom. The van der Waals surface area contributed by atoms with Gasteiger partial charge in [-0.3, -0.25) is 0 Å². The van der Waals surface area contributed by atoms with Gasteiger partial charge in [-0.25, -0.2) is 8.42 Å². The number of benzene rings is 7. The molecule has 1 aliphatic heterocycles. The van der Waals surface area contributed by atoms with E-state index in [0.717, 1.165) is 66.6 Å². The Morgan fingerprint density at radius 1 is 0.490 bits per heavy atom. The summed E-state index contributed by atoms with van der Waals surface area (Å²) in [6.45, 7) is 0. The molecule has 10 rings (SSSR count). The zero-order chi connectivity index (χ0) is 32.7. The minimum Gasteiger partial charge on any atom is -0.374 e. The molecule has 1 aliphatic carbocycles. The molecule has 0 fully saturated rings. The zero-order valence-electron chi connectivity index (χ0n) is 26.4. The summed E-state index contributed by atoms with van der Waals surface area (Å²) in [6.07, 6.45) is 0. The van der Waals surface area contributed by atoms with E-state index in [4.69, 9.17) is 0 Å². The maximum Gasteiger partial charge on any atom is 0.207 e. The smallest absolute Gasteiger partial charge is 0.207 e. The molecule has 5 heteroatoms. The number of sulfone groups is 1. The molecular weight excluding hydrogens is 621 g/mol. The van der Waals surface area contributed by atoms with Crippen LogP contribution in [0.5, 0.6) is 0 Å². The third-order valence-electron chi connectivity index (χ3n) is 10.5. The second-order valence-corrected chi connectivity index (χ2v) is 14.8. The fourth-order valence-electron chi connectivity index (χ4n) is 8.57. The van der Waals surface area contributed by atoms with Gasteiger partial charge in [0.2, 0.25) is 9.84 Å². The summed E-state index contributed by atoms with van der Waals surface area (Å²) in [5.41, 5.74) is 9.10. The molecule has 0 saturated carbocycles. The minimum atomic E-state index is -3.88. The number of fused-ring (bicyclic) bond motifs is 11. The molecule has 4 nitrogen and oxygen atoms in total. The normalized spacial score (nSPS) is 18.4. The molecule has 0 unspecified atom stereocenters. The number of rotatable bonds is 3. The van der Waals surface area contributed by atoms with Crippen LogP contribution in [0.25, 0.3) is 27.5 Å². The quantitative estimate of drug-likeness (QED) is 0.207. The van der Waals surface area contributed by atoms with Gasteiger partial charge in [0.05, 0.1) is 32.3 Å². The van der Waals surface area contributed by atoms with Gasteiger partial charge in [0.25, 0.3) is 0 Å². The number of hydrogen-bond donors (Lipinski definition) is 1. The van der Waals surface area contributed by atoms with E-state index in [0.29, 0.717) is 9.79 Å². The van der Waals surface area contributed by atoms with Crippen LogP contribution in [-0.2, 0) is 15.3 Å². The Kier molecular flexibility index (Phi) is 5.91. The summed E-state index contributed by atoms with van der Waals surface area (Å²) in [7, 11) is -3.88. The Balaban J connectivity index is 1.39. The monoisotopic (exact) mass is 650 g/mol. The molecule has 1 N–H and O–H groups in total. The van der Waals surface area contributed by atoms with Crippen LogP contribution in [0.2, 0.25) is 0 Å². The summed E-state index contributed by atoms with van der Waals surface area (Å²) in [5.74, 6) is 0. The van der Waals surface area contributed by atoms with Crippen molar-refractivity contribution in [1.29, 1.82) is 0 Å². The number of aromatic nitrogens is 1. The first-order chi connectivity index (χ1) is 24.1.